The third kappa shape index (κ3) is 3.12. The zero-order valence-electron chi connectivity index (χ0n) is 10.5. The lowest BCUT2D eigenvalue weighted by molar-refractivity contribution is 0.232. The van der Waals surface area contributed by atoms with Gasteiger partial charge < -0.3 is 5.73 Å². The molecule has 1 nitrogen and oxygen atoms in total. The summed E-state index contributed by atoms with van der Waals surface area (Å²) in [6.07, 6.45) is 6.74. The molecule has 0 saturated heterocycles. The number of thiophene rings is 1. The van der Waals surface area contributed by atoms with Gasteiger partial charge in [0.2, 0.25) is 0 Å². The van der Waals surface area contributed by atoms with Crippen LogP contribution in [-0.2, 0) is 0 Å². The van der Waals surface area contributed by atoms with Gasteiger partial charge in [-0.05, 0) is 64.5 Å². The fourth-order valence-electron chi connectivity index (χ4n) is 3.16. The first-order valence-corrected chi connectivity index (χ1v) is 8.36. The van der Waals surface area contributed by atoms with Gasteiger partial charge >= 0.3 is 0 Å². The topological polar surface area (TPSA) is 26.0 Å². The molecule has 0 amide bonds. The molecule has 2 N–H and O–H groups in total. The van der Waals surface area contributed by atoms with E-state index in [0.717, 1.165) is 12.5 Å². The first-order chi connectivity index (χ1) is 8.26. The van der Waals surface area contributed by atoms with Gasteiger partial charge in [0, 0.05) is 9.35 Å². The van der Waals surface area contributed by atoms with Crippen molar-refractivity contribution in [1.29, 1.82) is 0 Å². The zero-order valence-corrected chi connectivity index (χ0v) is 12.9. The van der Waals surface area contributed by atoms with Gasteiger partial charge in [0.1, 0.15) is 0 Å². The molecule has 1 aliphatic rings. The maximum absolute atomic E-state index is 5.96. The van der Waals surface area contributed by atoms with Crippen molar-refractivity contribution in [3.05, 3.63) is 20.8 Å². The largest absolute Gasteiger partial charge is 0.330 e. The molecule has 2 rings (SSSR count). The van der Waals surface area contributed by atoms with Crippen molar-refractivity contribution >= 4 is 27.3 Å². The van der Waals surface area contributed by atoms with Crippen molar-refractivity contribution in [2.24, 2.45) is 17.6 Å². The molecule has 3 heteroatoms. The van der Waals surface area contributed by atoms with Crippen molar-refractivity contribution in [1.82, 2.24) is 0 Å². The lowest BCUT2D eigenvalue weighted by Crippen LogP contribution is -2.28. The summed E-state index contributed by atoms with van der Waals surface area (Å²) in [4.78, 5) is 1.53. The van der Waals surface area contributed by atoms with Crippen molar-refractivity contribution in [3.63, 3.8) is 0 Å². The lowest BCUT2D eigenvalue weighted by atomic mass is 9.72. The van der Waals surface area contributed by atoms with Crippen molar-refractivity contribution in [3.8, 4) is 0 Å². The first-order valence-electron chi connectivity index (χ1n) is 6.69. The number of hydrogen-bond donors (Lipinski definition) is 1. The number of rotatable bonds is 4. The highest BCUT2D eigenvalue weighted by Crippen LogP contribution is 2.45. The number of halogens is 1. The van der Waals surface area contributed by atoms with Gasteiger partial charge in [-0.2, -0.15) is 0 Å². The van der Waals surface area contributed by atoms with Crippen LogP contribution in [0, 0.1) is 11.8 Å². The van der Waals surface area contributed by atoms with Crippen LogP contribution in [0.15, 0.2) is 15.9 Å². The van der Waals surface area contributed by atoms with Crippen molar-refractivity contribution in [2.75, 3.05) is 6.54 Å². The molecule has 3 unspecified atom stereocenters. The zero-order chi connectivity index (χ0) is 12.3. The monoisotopic (exact) mass is 315 g/mol. The third-order valence-electron chi connectivity index (χ3n) is 4.08. The fraction of sp³-hybridized carbons (Fsp3) is 0.714. The highest BCUT2D eigenvalue weighted by Gasteiger charge is 2.31. The molecular formula is C14H22BrNS. The average molecular weight is 316 g/mol. The SMILES string of the molecule is CCCC1CCC(CN)C(c2sccc2Br)C1. The maximum Gasteiger partial charge on any atom is 0.0317 e. The van der Waals surface area contributed by atoms with Crippen LogP contribution in [0.5, 0.6) is 0 Å². The molecule has 1 fully saturated rings. The van der Waals surface area contributed by atoms with Crippen LogP contribution < -0.4 is 5.73 Å². The molecule has 1 aromatic rings. The molecule has 17 heavy (non-hydrogen) atoms. The molecule has 0 aromatic carbocycles. The van der Waals surface area contributed by atoms with E-state index in [9.17, 15) is 0 Å². The van der Waals surface area contributed by atoms with E-state index in [-0.39, 0.29) is 0 Å². The Kier molecular flexibility index (Phi) is 5.07. The maximum atomic E-state index is 5.96. The highest BCUT2D eigenvalue weighted by molar-refractivity contribution is 9.10. The molecule has 0 bridgehead atoms. The Bertz CT molecular complexity index is 350. The molecule has 1 aromatic heterocycles. The summed E-state index contributed by atoms with van der Waals surface area (Å²) in [5, 5.41) is 2.19. The van der Waals surface area contributed by atoms with Gasteiger partial charge in [-0.3, -0.25) is 0 Å². The van der Waals surface area contributed by atoms with Gasteiger partial charge in [-0.1, -0.05) is 26.2 Å². The van der Waals surface area contributed by atoms with Crippen molar-refractivity contribution < 1.29 is 0 Å². The van der Waals surface area contributed by atoms with Gasteiger partial charge in [-0.25, -0.2) is 0 Å². The van der Waals surface area contributed by atoms with Crippen LogP contribution >= 0.6 is 27.3 Å². The van der Waals surface area contributed by atoms with Gasteiger partial charge in [0.05, 0.1) is 0 Å². The van der Waals surface area contributed by atoms with Crippen LogP contribution in [0.4, 0.5) is 0 Å². The van der Waals surface area contributed by atoms with E-state index < -0.39 is 0 Å². The Labute approximate surface area is 117 Å². The molecule has 1 saturated carbocycles. The van der Waals surface area contributed by atoms with E-state index in [1.165, 1.54) is 41.5 Å². The molecule has 0 radical (unpaired) electrons. The summed E-state index contributed by atoms with van der Waals surface area (Å²) >= 11 is 5.58. The van der Waals surface area contributed by atoms with Gasteiger partial charge in [0.15, 0.2) is 0 Å². The van der Waals surface area contributed by atoms with Crippen LogP contribution in [0.2, 0.25) is 0 Å². The molecular weight excluding hydrogens is 294 g/mol. The summed E-state index contributed by atoms with van der Waals surface area (Å²) in [5.74, 6) is 2.31. The minimum Gasteiger partial charge on any atom is -0.330 e. The Morgan fingerprint density at radius 3 is 2.88 bits per heavy atom. The third-order valence-corrected chi connectivity index (χ3v) is 6.09. The van der Waals surface area contributed by atoms with Crippen LogP contribution in [0.25, 0.3) is 0 Å². The quantitative estimate of drug-likeness (QED) is 0.851. The average Bonchev–Trinajstić information content (AvgIpc) is 2.76. The second-order valence-corrected chi connectivity index (χ2v) is 7.00. The Balaban J connectivity index is 2.13. The van der Waals surface area contributed by atoms with Crippen LogP contribution in [-0.4, -0.2) is 6.54 Å². The predicted octanol–water partition coefficient (Wildman–Crippen LogP) is 4.77. The highest BCUT2D eigenvalue weighted by atomic mass is 79.9. The summed E-state index contributed by atoms with van der Waals surface area (Å²) in [6.45, 7) is 3.14. The second-order valence-electron chi connectivity index (χ2n) is 5.20. The molecule has 0 spiro atoms. The summed E-state index contributed by atoms with van der Waals surface area (Å²) in [5.41, 5.74) is 5.96. The van der Waals surface area contributed by atoms with Crippen molar-refractivity contribution in [2.45, 2.75) is 44.9 Å². The van der Waals surface area contributed by atoms with Crippen LogP contribution in [0.3, 0.4) is 0 Å². The molecule has 1 heterocycles. The molecule has 1 aliphatic carbocycles. The Morgan fingerprint density at radius 1 is 1.47 bits per heavy atom. The van der Waals surface area contributed by atoms with E-state index >= 15 is 0 Å². The standard InChI is InChI=1S/C14H22BrNS/c1-2-3-10-4-5-11(9-16)12(8-10)14-13(15)6-7-17-14/h6-7,10-12H,2-5,8-9,16H2,1H3. The van der Waals surface area contributed by atoms with E-state index in [2.05, 4.69) is 34.3 Å². The molecule has 96 valence electrons. The Morgan fingerprint density at radius 2 is 2.29 bits per heavy atom. The van der Waals surface area contributed by atoms with E-state index in [4.69, 9.17) is 5.73 Å². The number of hydrogen-bond acceptors (Lipinski definition) is 2. The van der Waals surface area contributed by atoms with E-state index in [1.54, 1.807) is 0 Å². The fourth-order valence-corrected chi connectivity index (χ4v) is 5.04. The summed E-state index contributed by atoms with van der Waals surface area (Å²) in [6, 6.07) is 2.18. The summed E-state index contributed by atoms with van der Waals surface area (Å²) < 4.78 is 1.29. The summed E-state index contributed by atoms with van der Waals surface area (Å²) in [7, 11) is 0. The first kappa shape index (κ1) is 13.6. The predicted molar refractivity (Wildman–Crippen MR) is 79.6 cm³/mol. The lowest BCUT2D eigenvalue weighted by Gasteiger charge is -2.35. The van der Waals surface area contributed by atoms with Gasteiger partial charge in [0.25, 0.3) is 0 Å². The normalized spacial score (nSPS) is 29.5. The number of nitrogens with two attached hydrogens (primary N) is 1. The molecule has 3 atom stereocenters. The minimum absolute atomic E-state index is 0.693. The second kappa shape index (κ2) is 6.35. The Hall–Kier alpha value is 0.140. The van der Waals surface area contributed by atoms with E-state index in [1.807, 2.05) is 11.3 Å². The minimum atomic E-state index is 0.693. The molecule has 0 aliphatic heterocycles. The van der Waals surface area contributed by atoms with E-state index in [0.29, 0.717) is 11.8 Å². The van der Waals surface area contributed by atoms with Gasteiger partial charge in [-0.15, -0.1) is 11.3 Å². The van der Waals surface area contributed by atoms with Crippen LogP contribution in [0.1, 0.15) is 49.8 Å². The smallest absolute Gasteiger partial charge is 0.0317 e.